The van der Waals surface area contributed by atoms with Crippen LogP contribution >= 0.6 is 0 Å². The molecule has 0 atom stereocenters. The minimum atomic E-state index is -0.0965. The molecule has 0 spiro atoms. The Morgan fingerprint density at radius 3 is 2.73 bits per heavy atom. The summed E-state index contributed by atoms with van der Waals surface area (Å²) >= 11 is 0. The molecule has 0 radical (unpaired) electrons. The van der Waals surface area contributed by atoms with E-state index in [1.165, 1.54) is 34.5 Å². The minimum Gasteiger partial charge on any atom is -0.364 e. The van der Waals surface area contributed by atoms with Gasteiger partial charge in [-0.2, -0.15) is 0 Å². The summed E-state index contributed by atoms with van der Waals surface area (Å²) in [6.07, 6.45) is 14.2. The van der Waals surface area contributed by atoms with Gasteiger partial charge in [0.25, 0.3) is 0 Å². The topological polar surface area (TPSA) is 55.6 Å². The first-order valence-electron chi connectivity index (χ1n) is 11.5. The maximum atomic E-state index is 12.0. The quantitative estimate of drug-likeness (QED) is 0.311. The molecule has 33 heavy (non-hydrogen) atoms. The fourth-order valence-electron chi connectivity index (χ4n) is 3.94. The van der Waals surface area contributed by atoms with Gasteiger partial charge in [-0.1, -0.05) is 72.6 Å². The summed E-state index contributed by atoms with van der Waals surface area (Å²) in [4.78, 5) is 16.9. The number of fused-ring (bicyclic) bond motifs is 1. The standard InChI is InChI=1S/C28H29N3O2/c32-28(17-16-23-11-10-19-30-33-22-23)29-18-8-1-2-9-20-31-26-15-7-6-14-25(26)21-27(31)24-12-4-3-5-13-24/h3-7,10-17,19,21-22H,1-2,8-9,18,20H2,(H,29,32)/b17-16+. The number of unbranched alkanes of at least 4 members (excludes halogenated alkanes) is 3. The number of rotatable bonds is 10. The normalized spacial score (nSPS) is 13.2. The highest BCUT2D eigenvalue weighted by Crippen LogP contribution is 2.28. The molecule has 1 aromatic heterocycles. The average molecular weight is 440 g/mol. The molecule has 0 bridgehead atoms. The number of hydrogen-bond donors (Lipinski definition) is 1. The van der Waals surface area contributed by atoms with Gasteiger partial charge in [0, 0.05) is 41.3 Å². The Bertz CT molecular complexity index is 1190. The number of hydrogen-bond acceptors (Lipinski definition) is 3. The van der Waals surface area contributed by atoms with Crippen LogP contribution < -0.4 is 5.32 Å². The smallest absolute Gasteiger partial charge is 0.244 e. The molecule has 4 rings (SSSR count). The number of aromatic nitrogens is 1. The summed E-state index contributed by atoms with van der Waals surface area (Å²) in [6.45, 7) is 1.67. The molecule has 1 amide bonds. The Labute approximate surface area is 194 Å². The molecule has 0 saturated heterocycles. The molecule has 5 nitrogen and oxygen atoms in total. The number of allylic oxidation sites excluding steroid dienone is 4. The molecule has 168 valence electrons. The van der Waals surface area contributed by atoms with Gasteiger partial charge in [0.05, 0.1) is 6.21 Å². The van der Waals surface area contributed by atoms with E-state index in [0.29, 0.717) is 6.54 Å². The maximum absolute atomic E-state index is 12.0. The molecule has 0 saturated carbocycles. The Morgan fingerprint density at radius 1 is 1.00 bits per heavy atom. The van der Waals surface area contributed by atoms with Gasteiger partial charge in [0.2, 0.25) is 5.91 Å². The van der Waals surface area contributed by atoms with Crippen LogP contribution in [0.4, 0.5) is 0 Å². The van der Waals surface area contributed by atoms with Gasteiger partial charge in [-0.05, 0) is 42.7 Å². The van der Waals surface area contributed by atoms with Crippen LogP contribution in [-0.2, 0) is 16.2 Å². The maximum Gasteiger partial charge on any atom is 0.244 e. The molecular weight excluding hydrogens is 410 g/mol. The monoisotopic (exact) mass is 439 g/mol. The SMILES string of the molecule is O=C(/C=C/C1=CON=CC=C1)NCCCCCCn1c(-c2ccccc2)cc2ccccc21. The fraction of sp³-hybridized carbons (Fsp3) is 0.214. The van der Waals surface area contributed by atoms with E-state index in [9.17, 15) is 4.79 Å². The molecule has 3 aromatic rings. The number of benzene rings is 2. The average Bonchev–Trinajstić information content (AvgIpc) is 3.01. The molecule has 0 fully saturated rings. The lowest BCUT2D eigenvalue weighted by molar-refractivity contribution is -0.116. The molecule has 2 heterocycles. The number of para-hydroxylation sites is 1. The number of nitrogens with zero attached hydrogens (tertiary/aromatic N) is 2. The van der Waals surface area contributed by atoms with Crippen molar-refractivity contribution >= 4 is 23.0 Å². The number of nitrogens with one attached hydrogen (secondary N) is 1. The van der Waals surface area contributed by atoms with Gasteiger partial charge in [0.1, 0.15) is 6.26 Å². The van der Waals surface area contributed by atoms with E-state index in [1.54, 1.807) is 18.4 Å². The lowest BCUT2D eigenvalue weighted by Gasteiger charge is -2.11. The third kappa shape index (κ3) is 6.32. The van der Waals surface area contributed by atoms with Crippen molar-refractivity contribution < 1.29 is 9.63 Å². The molecule has 1 aliphatic rings. The second-order valence-electron chi connectivity index (χ2n) is 7.98. The predicted molar refractivity (Wildman–Crippen MR) is 135 cm³/mol. The van der Waals surface area contributed by atoms with Crippen LogP contribution in [-0.4, -0.2) is 23.2 Å². The molecule has 1 N–H and O–H groups in total. The van der Waals surface area contributed by atoms with E-state index in [2.05, 4.69) is 75.7 Å². The molecule has 2 aromatic carbocycles. The third-order valence-electron chi connectivity index (χ3n) is 5.60. The van der Waals surface area contributed by atoms with E-state index in [4.69, 9.17) is 4.84 Å². The second kappa shape index (κ2) is 11.7. The van der Waals surface area contributed by atoms with E-state index < -0.39 is 0 Å². The molecule has 5 heteroatoms. The van der Waals surface area contributed by atoms with Crippen molar-refractivity contribution in [2.75, 3.05) is 6.54 Å². The number of amides is 1. The van der Waals surface area contributed by atoms with Gasteiger partial charge < -0.3 is 14.7 Å². The summed E-state index contributed by atoms with van der Waals surface area (Å²) in [5, 5.41) is 7.88. The van der Waals surface area contributed by atoms with Gasteiger partial charge in [-0.15, -0.1) is 0 Å². The van der Waals surface area contributed by atoms with Crippen LogP contribution in [0.1, 0.15) is 25.7 Å². The number of oxime groups is 1. The van der Waals surface area contributed by atoms with Crippen molar-refractivity contribution in [3.05, 3.63) is 96.8 Å². The first kappa shape index (κ1) is 22.3. The largest absolute Gasteiger partial charge is 0.364 e. The fourth-order valence-corrected chi connectivity index (χ4v) is 3.94. The van der Waals surface area contributed by atoms with E-state index in [1.807, 2.05) is 6.08 Å². The highest BCUT2D eigenvalue weighted by atomic mass is 16.6. The van der Waals surface area contributed by atoms with Crippen LogP contribution in [0.5, 0.6) is 0 Å². The number of aryl methyl sites for hydroxylation is 1. The van der Waals surface area contributed by atoms with Crippen molar-refractivity contribution in [1.82, 2.24) is 9.88 Å². The zero-order chi connectivity index (χ0) is 22.7. The third-order valence-corrected chi connectivity index (χ3v) is 5.60. The zero-order valence-corrected chi connectivity index (χ0v) is 18.7. The van der Waals surface area contributed by atoms with E-state index in [-0.39, 0.29) is 5.91 Å². The van der Waals surface area contributed by atoms with Crippen LogP contribution in [0.15, 0.2) is 102 Å². The molecular formula is C28H29N3O2. The number of carbonyl (C=O) groups excluding carboxylic acids is 1. The summed E-state index contributed by atoms with van der Waals surface area (Å²) in [6, 6.07) is 21.4. The summed E-state index contributed by atoms with van der Waals surface area (Å²) in [5.74, 6) is -0.0965. The molecule has 0 aliphatic carbocycles. The van der Waals surface area contributed by atoms with Crippen molar-refractivity contribution in [1.29, 1.82) is 0 Å². The van der Waals surface area contributed by atoms with Crippen LogP contribution in [0.2, 0.25) is 0 Å². The highest BCUT2D eigenvalue weighted by molar-refractivity contribution is 5.88. The van der Waals surface area contributed by atoms with Gasteiger partial charge in [-0.25, -0.2) is 0 Å². The molecule has 0 unspecified atom stereocenters. The lowest BCUT2D eigenvalue weighted by Crippen LogP contribution is -2.22. The van der Waals surface area contributed by atoms with Crippen molar-refractivity contribution in [2.24, 2.45) is 5.16 Å². The first-order valence-corrected chi connectivity index (χ1v) is 11.5. The van der Waals surface area contributed by atoms with Crippen molar-refractivity contribution in [3.8, 4) is 11.3 Å². The lowest BCUT2D eigenvalue weighted by atomic mass is 10.1. The minimum absolute atomic E-state index is 0.0965. The Hall–Kier alpha value is -3.86. The Morgan fingerprint density at radius 2 is 1.82 bits per heavy atom. The highest BCUT2D eigenvalue weighted by Gasteiger charge is 2.09. The zero-order valence-electron chi connectivity index (χ0n) is 18.7. The van der Waals surface area contributed by atoms with Crippen LogP contribution in [0.3, 0.4) is 0 Å². The second-order valence-corrected chi connectivity index (χ2v) is 7.98. The summed E-state index contributed by atoms with van der Waals surface area (Å²) in [7, 11) is 0. The molecule has 1 aliphatic heterocycles. The summed E-state index contributed by atoms with van der Waals surface area (Å²) < 4.78 is 2.43. The van der Waals surface area contributed by atoms with Crippen molar-refractivity contribution in [2.45, 2.75) is 32.2 Å². The van der Waals surface area contributed by atoms with Crippen LogP contribution in [0, 0.1) is 0 Å². The van der Waals surface area contributed by atoms with Crippen molar-refractivity contribution in [3.63, 3.8) is 0 Å². The van der Waals surface area contributed by atoms with Gasteiger partial charge in [-0.3, -0.25) is 4.79 Å². The first-order chi connectivity index (χ1) is 16.3. The van der Waals surface area contributed by atoms with E-state index >= 15 is 0 Å². The van der Waals surface area contributed by atoms with Gasteiger partial charge >= 0.3 is 0 Å². The van der Waals surface area contributed by atoms with Crippen LogP contribution in [0.25, 0.3) is 22.2 Å². The summed E-state index contributed by atoms with van der Waals surface area (Å²) in [5.41, 5.74) is 4.59. The Kier molecular flexibility index (Phi) is 7.90. The Balaban J connectivity index is 1.21. The van der Waals surface area contributed by atoms with E-state index in [0.717, 1.165) is 37.8 Å². The number of carbonyl (C=O) groups is 1. The predicted octanol–water partition coefficient (Wildman–Crippen LogP) is 6.00. The van der Waals surface area contributed by atoms with Gasteiger partial charge in [0.15, 0.2) is 0 Å².